The molecule has 0 bridgehead atoms. The number of benzene rings is 2. The summed E-state index contributed by atoms with van der Waals surface area (Å²) in [6.07, 6.45) is 0.720. The highest BCUT2D eigenvalue weighted by molar-refractivity contribution is 5.99. The highest BCUT2D eigenvalue weighted by atomic mass is 16.4. The van der Waals surface area contributed by atoms with Crippen molar-refractivity contribution in [2.24, 2.45) is 5.92 Å². The summed E-state index contributed by atoms with van der Waals surface area (Å²) in [6.45, 7) is 6.11. The Bertz CT molecular complexity index is 1070. The predicted octanol–water partition coefficient (Wildman–Crippen LogP) is 5.40. The normalized spacial score (nSPS) is 12.7. The van der Waals surface area contributed by atoms with E-state index in [2.05, 4.69) is 24.1 Å². The van der Waals surface area contributed by atoms with Gasteiger partial charge in [-0.15, -0.1) is 0 Å². The predicted molar refractivity (Wildman–Crippen MR) is 105 cm³/mol. The molecule has 2 heterocycles. The van der Waals surface area contributed by atoms with Gasteiger partial charge in [-0.2, -0.15) is 0 Å². The van der Waals surface area contributed by atoms with Crippen molar-refractivity contribution in [3.8, 4) is 0 Å². The molecular formula is C22H22N2O3. The number of hydrogen-bond donors (Lipinski definition) is 1. The van der Waals surface area contributed by atoms with Crippen molar-refractivity contribution in [1.82, 2.24) is 10.3 Å². The first kappa shape index (κ1) is 17.3. The van der Waals surface area contributed by atoms with Crippen LogP contribution in [0.25, 0.3) is 22.1 Å². The Labute approximate surface area is 157 Å². The lowest BCUT2D eigenvalue weighted by Crippen LogP contribution is -2.30. The Kier molecular flexibility index (Phi) is 4.44. The number of fused-ring (bicyclic) bond motifs is 2. The first-order valence-electron chi connectivity index (χ1n) is 9.17. The first-order valence-corrected chi connectivity index (χ1v) is 9.17. The molecule has 5 nitrogen and oxygen atoms in total. The molecule has 0 radical (unpaired) electrons. The summed E-state index contributed by atoms with van der Waals surface area (Å²) in [6, 6.07) is 14.9. The van der Waals surface area contributed by atoms with Gasteiger partial charge in [-0.1, -0.05) is 44.2 Å². The van der Waals surface area contributed by atoms with Gasteiger partial charge in [0.1, 0.15) is 17.1 Å². The molecule has 0 aliphatic heterocycles. The van der Waals surface area contributed by atoms with Gasteiger partial charge in [-0.3, -0.25) is 4.79 Å². The number of amides is 1. The first-order chi connectivity index (χ1) is 13.0. The van der Waals surface area contributed by atoms with E-state index in [1.54, 1.807) is 0 Å². The number of para-hydroxylation sites is 3. The van der Waals surface area contributed by atoms with Crippen LogP contribution in [0.15, 0.2) is 57.4 Å². The molecule has 0 spiro atoms. The third kappa shape index (κ3) is 3.33. The minimum absolute atomic E-state index is 0.253. The molecule has 27 heavy (non-hydrogen) atoms. The summed E-state index contributed by atoms with van der Waals surface area (Å²) in [7, 11) is 0. The molecule has 1 N–H and O–H groups in total. The molecule has 2 aromatic carbocycles. The molecule has 0 fully saturated rings. The average Bonchev–Trinajstić information content (AvgIpc) is 3.22. The van der Waals surface area contributed by atoms with Crippen LogP contribution < -0.4 is 5.32 Å². The molecule has 0 saturated carbocycles. The van der Waals surface area contributed by atoms with Crippen molar-refractivity contribution in [3.05, 3.63) is 65.7 Å². The zero-order valence-electron chi connectivity index (χ0n) is 15.7. The molecule has 0 aliphatic rings. The van der Waals surface area contributed by atoms with Crippen molar-refractivity contribution < 1.29 is 13.6 Å². The van der Waals surface area contributed by atoms with Gasteiger partial charge in [0.25, 0.3) is 5.91 Å². The topological polar surface area (TPSA) is 68.3 Å². The molecule has 4 aromatic rings. The largest absolute Gasteiger partial charge is 0.451 e. The van der Waals surface area contributed by atoms with Gasteiger partial charge in [-0.25, -0.2) is 4.98 Å². The van der Waals surface area contributed by atoms with Crippen LogP contribution >= 0.6 is 0 Å². The maximum absolute atomic E-state index is 12.9. The summed E-state index contributed by atoms with van der Waals surface area (Å²) in [5.74, 6) is 0.965. The van der Waals surface area contributed by atoms with E-state index in [-0.39, 0.29) is 11.9 Å². The standard InChI is InChI=1S/C22H22N2O3/c1-13(2)12-17(22-24-16-9-5-7-11-19(16)27-22)23-21(25)20-14(3)15-8-4-6-10-18(15)26-20/h4-11,13,17H,12H2,1-3H3,(H,23,25)/t17-/m0/s1. The van der Waals surface area contributed by atoms with Crippen LogP contribution in [-0.4, -0.2) is 10.9 Å². The van der Waals surface area contributed by atoms with E-state index < -0.39 is 0 Å². The SMILES string of the molecule is Cc1c(C(=O)N[C@@H](CC(C)C)c2nc3ccccc3o2)oc2ccccc12. The minimum atomic E-state index is -0.322. The molecule has 0 unspecified atom stereocenters. The fraction of sp³-hybridized carbons (Fsp3) is 0.273. The number of carbonyl (C=O) groups excluding carboxylic acids is 1. The fourth-order valence-electron chi connectivity index (χ4n) is 3.35. The van der Waals surface area contributed by atoms with Gasteiger partial charge in [-0.05, 0) is 37.5 Å². The molecule has 4 rings (SSSR count). The lowest BCUT2D eigenvalue weighted by atomic mass is 10.0. The number of nitrogens with zero attached hydrogens (tertiary/aromatic N) is 1. The Morgan fingerprint density at radius 2 is 1.74 bits per heavy atom. The number of oxazole rings is 1. The quantitative estimate of drug-likeness (QED) is 0.516. The molecule has 2 aromatic heterocycles. The van der Waals surface area contributed by atoms with E-state index in [4.69, 9.17) is 8.83 Å². The monoisotopic (exact) mass is 362 g/mol. The summed E-state index contributed by atoms with van der Waals surface area (Å²) in [4.78, 5) is 17.5. The lowest BCUT2D eigenvalue weighted by molar-refractivity contribution is 0.0898. The number of carbonyl (C=O) groups is 1. The number of furan rings is 1. The highest BCUT2D eigenvalue weighted by Gasteiger charge is 2.25. The summed E-state index contributed by atoms with van der Waals surface area (Å²) in [5, 5.41) is 4.00. The van der Waals surface area contributed by atoms with E-state index >= 15 is 0 Å². The molecule has 1 atom stereocenters. The molecule has 5 heteroatoms. The van der Waals surface area contributed by atoms with E-state index in [9.17, 15) is 4.79 Å². The second kappa shape index (κ2) is 6.91. The van der Waals surface area contributed by atoms with Crippen LogP contribution in [0, 0.1) is 12.8 Å². The summed E-state index contributed by atoms with van der Waals surface area (Å²) in [5.41, 5.74) is 3.05. The van der Waals surface area contributed by atoms with Crippen molar-refractivity contribution >= 4 is 28.0 Å². The van der Waals surface area contributed by atoms with Crippen LogP contribution in [0.4, 0.5) is 0 Å². The van der Waals surface area contributed by atoms with Gasteiger partial charge in [0, 0.05) is 10.9 Å². The second-order valence-electron chi connectivity index (χ2n) is 7.23. The maximum Gasteiger partial charge on any atom is 0.287 e. The smallest absolute Gasteiger partial charge is 0.287 e. The van der Waals surface area contributed by atoms with Crippen LogP contribution in [0.2, 0.25) is 0 Å². The second-order valence-corrected chi connectivity index (χ2v) is 7.23. The zero-order valence-corrected chi connectivity index (χ0v) is 15.7. The third-order valence-corrected chi connectivity index (χ3v) is 4.67. The van der Waals surface area contributed by atoms with Gasteiger partial charge in [0.05, 0.1) is 0 Å². The zero-order chi connectivity index (χ0) is 19.0. The van der Waals surface area contributed by atoms with E-state index in [0.29, 0.717) is 23.2 Å². The molecule has 0 aliphatic carbocycles. The van der Waals surface area contributed by atoms with E-state index in [0.717, 1.165) is 28.5 Å². The number of rotatable bonds is 5. The van der Waals surface area contributed by atoms with Gasteiger partial charge < -0.3 is 14.2 Å². The van der Waals surface area contributed by atoms with Crippen LogP contribution in [0.3, 0.4) is 0 Å². The van der Waals surface area contributed by atoms with Crippen LogP contribution in [0.1, 0.15) is 48.3 Å². The van der Waals surface area contributed by atoms with Gasteiger partial charge >= 0.3 is 0 Å². The Balaban J connectivity index is 1.66. The third-order valence-electron chi connectivity index (χ3n) is 4.67. The van der Waals surface area contributed by atoms with Crippen molar-refractivity contribution in [3.63, 3.8) is 0 Å². The Morgan fingerprint density at radius 3 is 2.44 bits per heavy atom. The summed E-state index contributed by atoms with van der Waals surface area (Å²) >= 11 is 0. The van der Waals surface area contributed by atoms with Gasteiger partial charge in [0.2, 0.25) is 5.89 Å². The molecule has 0 saturated heterocycles. The molecule has 1 amide bonds. The number of hydrogen-bond acceptors (Lipinski definition) is 4. The highest BCUT2D eigenvalue weighted by Crippen LogP contribution is 2.28. The number of aromatic nitrogens is 1. The number of nitrogens with one attached hydrogen (secondary N) is 1. The Morgan fingerprint density at radius 1 is 1.04 bits per heavy atom. The minimum Gasteiger partial charge on any atom is -0.451 e. The molecule has 138 valence electrons. The van der Waals surface area contributed by atoms with E-state index in [1.807, 2.05) is 55.5 Å². The van der Waals surface area contributed by atoms with Gasteiger partial charge in [0.15, 0.2) is 11.3 Å². The van der Waals surface area contributed by atoms with Crippen LogP contribution in [0.5, 0.6) is 0 Å². The lowest BCUT2D eigenvalue weighted by Gasteiger charge is -2.17. The molecular weight excluding hydrogens is 340 g/mol. The van der Waals surface area contributed by atoms with Crippen molar-refractivity contribution in [2.75, 3.05) is 0 Å². The van der Waals surface area contributed by atoms with E-state index in [1.165, 1.54) is 0 Å². The van der Waals surface area contributed by atoms with Crippen molar-refractivity contribution in [2.45, 2.75) is 33.2 Å². The fourth-order valence-corrected chi connectivity index (χ4v) is 3.35. The Hall–Kier alpha value is -3.08. The number of aryl methyl sites for hydroxylation is 1. The summed E-state index contributed by atoms with van der Waals surface area (Å²) < 4.78 is 11.7. The van der Waals surface area contributed by atoms with Crippen LogP contribution in [-0.2, 0) is 0 Å². The average molecular weight is 362 g/mol. The van der Waals surface area contributed by atoms with Crippen molar-refractivity contribution in [1.29, 1.82) is 0 Å². The maximum atomic E-state index is 12.9.